The predicted octanol–water partition coefficient (Wildman–Crippen LogP) is 3.44. The number of carbonyl (C=O) groups is 3. The summed E-state index contributed by atoms with van der Waals surface area (Å²) in [4.78, 5) is 39.8. The largest absolute Gasteiger partial charge is 0.490 e. The average Bonchev–Trinajstić information content (AvgIpc) is 2.76. The lowest BCUT2D eigenvalue weighted by Crippen LogP contribution is -2.47. The normalized spacial score (nSPS) is 18.1. The fraction of sp³-hybridized carbons (Fsp3) is 0.348. The molecule has 1 heterocycles. The minimum atomic E-state index is -0.803. The quantitative estimate of drug-likeness (QED) is 0.707. The van der Waals surface area contributed by atoms with E-state index in [9.17, 15) is 18.8 Å². The molecule has 2 atom stereocenters. The number of nitrogens with one attached hydrogen (secondary N) is 1. The van der Waals surface area contributed by atoms with Gasteiger partial charge in [0, 0.05) is 45.2 Å². The van der Waals surface area contributed by atoms with Gasteiger partial charge in [-0.1, -0.05) is 18.5 Å². The fourth-order valence-corrected chi connectivity index (χ4v) is 3.69. The van der Waals surface area contributed by atoms with E-state index < -0.39 is 11.8 Å². The van der Waals surface area contributed by atoms with Crippen molar-refractivity contribution in [2.75, 3.05) is 32.5 Å². The molecular weight excluding hydrogens is 437 g/mol. The molecule has 0 spiro atoms. The van der Waals surface area contributed by atoms with Crippen molar-refractivity contribution in [1.29, 1.82) is 0 Å². The molecule has 7 nitrogen and oxygen atoms in total. The van der Waals surface area contributed by atoms with E-state index in [-0.39, 0.29) is 34.3 Å². The van der Waals surface area contributed by atoms with Gasteiger partial charge in [-0.3, -0.25) is 14.4 Å². The van der Waals surface area contributed by atoms with E-state index in [2.05, 4.69) is 5.32 Å². The highest BCUT2D eigenvalue weighted by Gasteiger charge is 2.31. The molecule has 1 aliphatic heterocycles. The topological polar surface area (TPSA) is 79.0 Å². The Bertz CT molecular complexity index is 1010. The van der Waals surface area contributed by atoms with Gasteiger partial charge in [0.15, 0.2) is 0 Å². The minimum Gasteiger partial charge on any atom is -0.490 e. The summed E-state index contributed by atoms with van der Waals surface area (Å²) in [5.41, 5.74) is 0.549. The average molecular weight is 462 g/mol. The van der Waals surface area contributed by atoms with Crippen molar-refractivity contribution in [1.82, 2.24) is 9.80 Å². The standard InChI is InChI=1S/C23H25ClFN3O4/c1-14-13-28(11-10-20(14)32-17-7-4-15(25)5-8-17)22(30)18-12-16(6-9-19(18)24)26-21(29)23(31)27(2)3/h4-9,12,14,20H,10-11,13H2,1-3H3,(H,26,29)/t14?,20-/m0/s1. The third kappa shape index (κ3) is 5.56. The number of hydrogen-bond acceptors (Lipinski definition) is 4. The van der Waals surface area contributed by atoms with Crippen molar-refractivity contribution in [3.63, 3.8) is 0 Å². The van der Waals surface area contributed by atoms with Gasteiger partial charge in [0.25, 0.3) is 5.91 Å². The number of halogens is 2. The smallest absolute Gasteiger partial charge is 0.313 e. The first-order chi connectivity index (χ1) is 15.2. The predicted molar refractivity (Wildman–Crippen MR) is 119 cm³/mol. The molecule has 1 fully saturated rings. The van der Waals surface area contributed by atoms with E-state index in [0.717, 1.165) is 4.90 Å². The summed E-state index contributed by atoms with van der Waals surface area (Å²) in [5.74, 6) is -1.48. The number of piperidine rings is 1. The number of benzene rings is 2. The van der Waals surface area contributed by atoms with Gasteiger partial charge in [0.05, 0.1) is 10.6 Å². The Balaban J connectivity index is 1.66. The Morgan fingerprint density at radius 2 is 1.84 bits per heavy atom. The maximum absolute atomic E-state index is 13.1. The van der Waals surface area contributed by atoms with E-state index in [0.29, 0.717) is 30.9 Å². The second-order valence-electron chi connectivity index (χ2n) is 7.98. The number of amides is 3. The second kappa shape index (κ2) is 9.99. The van der Waals surface area contributed by atoms with Crippen LogP contribution in [-0.2, 0) is 9.59 Å². The molecule has 0 aromatic heterocycles. The van der Waals surface area contributed by atoms with Crippen LogP contribution in [0.25, 0.3) is 0 Å². The zero-order valence-electron chi connectivity index (χ0n) is 18.1. The van der Waals surface area contributed by atoms with E-state index in [1.54, 1.807) is 17.0 Å². The van der Waals surface area contributed by atoms with Crippen molar-refractivity contribution in [2.24, 2.45) is 5.92 Å². The van der Waals surface area contributed by atoms with Crippen molar-refractivity contribution >= 4 is 35.0 Å². The van der Waals surface area contributed by atoms with Crippen LogP contribution in [0.5, 0.6) is 5.75 Å². The monoisotopic (exact) mass is 461 g/mol. The molecule has 0 saturated carbocycles. The highest BCUT2D eigenvalue weighted by Crippen LogP contribution is 2.27. The van der Waals surface area contributed by atoms with Gasteiger partial charge in [0.1, 0.15) is 17.7 Å². The Hall–Kier alpha value is -3.13. The van der Waals surface area contributed by atoms with Crippen LogP contribution < -0.4 is 10.1 Å². The molecule has 0 bridgehead atoms. The Kier molecular flexibility index (Phi) is 7.35. The first-order valence-electron chi connectivity index (χ1n) is 10.2. The van der Waals surface area contributed by atoms with E-state index in [4.69, 9.17) is 16.3 Å². The molecule has 2 aromatic carbocycles. The van der Waals surface area contributed by atoms with Crippen molar-refractivity contribution in [3.8, 4) is 5.75 Å². The summed E-state index contributed by atoms with van der Waals surface area (Å²) in [6.45, 7) is 2.90. The molecule has 1 N–H and O–H groups in total. The number of ether oxygens (including phenoxy) is 1. The van der Waals surface area contributed by atoms with Crippen molar-refractivity contribution in [2.45, 2.75) is 19.4 Å². The first kappa shape index (κ1) is 23.5. The summed E-state index contributed by atoms with van der Waals surface area (Å²) >= 11 is 6.25. The molecule has 0 aliphatic carbocycles. The highest BCUT2D eigenvalue weighted by molar-refractivity contribution is 6.39. The summed E-state index contributed by atoms with van der Waals surface area (Å²) in [6.07, 6.45) is 0.498. The Morgan fingerprint density at radius 3 is 2.47 bits per heavy atom. The summed E-state index contributed by atoms with van der Waals surface area (Å²) in [7, 11) is 2.95. The van der Waals surface area contributed by atoms with Crippen molar-refractivity contribution in [3.05, 3.63) is 58.9 Å². The van der Waals surface area contributed by atoms with E-state index in [1.165, 1.54) is 44.4 Å². The van der Waals surface area contributed by atoms with Crippen LogP contribution in [0.1, 0.15) is 23.7 Å². The van der Waals surface area contributed by atoms with E-state index >= 15 is 0 Å². The minimum absolute atomic E-state index is 0.0390. The van der Waals surface area contributed by atoms with Gasteiger partial charge in [-0.05, 0) is 42.5 Å². The lowest BCUT2D eigenvalue weighted by atomic mass is 9.95. The third-order valence-electron chi connectivity index (χ3n) is 5.27. The van der Waals surface area contributed by atoms with Gasteiger partial charge in [-0.25, -0.2) is 4.39 Å². The van der Waals surface area contributed by atoms with Crippen LogP contribution in [0.4, 0.5) is 10.1 Å². The summed E-state index contributed by atoms with van der Waals surface area (Å²) in [5, 5.41) is 2.74. The molecule has 9 heteroatoms. The zero-order chi connectivity index (χ0) is 23.4. The Morgan fingerprint density at radius 1 is 1.16 bits per heavy atom. The number of likely N-dealkylation sites (N-methyl/N-ethyl adjacent to an activating group) is 1. The number of rotatable bonds is 4. The fourth-order valence-electron chi connectivity index (χ4n) is 3.50. The van der Waals surface area contributed by atoms with Crippen LogP contribution in [0, 0.1) is 11.7 Å². The summed E-state index contributed by atoms with van der Waals surface area (Å²) in [6, 6.07) is 10.4. The number of likely N-dealkylation sites (tertiary alicyclic amines) is 1. The van der Waals surface area contributed by atoms with Gasteiger partial charge in [-0.2, -0.15) is 0 Å². The molecule has 32 heavy (non-hydrogen) atoms. The maximum atomic E-state index is 13.1. The lowest BCUT2D eigenvalue weighted by Gasteiger charge is -2.37. The first-order valence-corrected chi connectivity index (χ1v) is 10.6. The third-order valence-corrected chi connectivity index (χ3v) is 5.60. The SMILES string of the molecule is CC1CN(C(=O)c2cc(NC(=O)C(=O)N(C)C)ccc2Cl)CC[C@@H]1Oc1ccc(F)cc1. The van der Waals surface area contributed by atoms with Crippen LogP contribution in [-0.4, -0.2) is 60.8 Å². The summed E-state index contributed by atoms with van der Waals surface area (Å²) < 4.78 is 19.1. The molecule has 2 aromatic rings. The van der Waals surface area contributed by atoms with Crippen LogP contribution in [0.3, 0.4) is 0 Å². The van der Waals surface area contributed by atoms with Gasteiger partial charge in [0.2, 0.25) is 0 Å². The van der Waals surface area contributed by atoms with Gasteiger partial charge < -0.3 is 19.9 Å². The number of nitrogens with zero attached hydrogens (tertiary/aromatic N) is 2. The van der Waals surface area contributed by atoms with Crippen molar-refractivity contribution < 1.29 is 23.5 Å². The molecule has 1 unspecified atom stereocenters. The zero-order valence-corrected chi connectivity index (χ0v) is 18.9. The van der Waals surface area contributed by atoms with Crippen LogP contribution in [0.2, 0.25) is 5.02 Å². The molecular formula is C23H25ClFN3O4. The molecule has 3 amide bonds. The molecule has 170 valence electrons. The van der Waals surface area contributed by atoms with Crippen LogP contribution in [0.15, 0.2) is 42.5 Å². The highest BCUT2D eigenvalue weighted by atomic mass is 35.5. The number of anilines is 1. The van der Waals surface area contributed by atoms with Gasteiger partial charge >= 0.3 is 11.8 Å². The molecule has 0 radical (unpaired) electrons. The van der Waals surface area contributed by atoms with Crippen LogP contribution >= 0.6 is 11.6 Å². The molecule has 1 saturated heterocycles. The number of hydrogen-bond donors (Lipinski definition) is 1. The lowest BCUT2D eigenvalue weighted by molar-refractivity contribution is -0.141. The number of carbonyl (C=O) groups excluding carboxylic acids is 3. The maximum Gasteiger partial charge on any atom is 0.313 e. The molecule has 3 rings (SSSR count). The van der Waals surface area contributed by atoms with Gasteiger partial charge in [-0.15, -0.1) is 0 Å². The molecule has 1 aliphatic rings. The Labute approximate surface area is 191 Å². The second-order valence-corrected chi connectivity index (χ2v) is 8.38. The van der Waals surface area contributed by atoms with E-state index in [1.807, 2.05) is 6.92 Å².